The molecule has 0 aliphatic carbocycles. The number of nitrogens with zero attached hydrogens (tertiary/aromatic N) is 1. The third-order valence-electron chi connectivity index (χ3n) is 2.71. The van der Waals surface area contributed by atoms with E-state index in [-0.39, 0.29) is 30.7 Å². The first-order valence-corrected chi connectivity index (χ1v) is 6.47. The van der Waals surface area contributed by atoms with Gasteiger partial charge in [0.25, 0.3) is 0 Å². The third-order valence-corrected chi connectivity index (χ3v) is 2.71. The highest BCUT2D eigenvalue weighted by molar-refractivity contribution is 5.94. The second-order valence-electron chi connectivity index (χ2n) is 4.68. The van der Waals surface area contributed by atoms with E-state index in [1.54, 1.807) is 0 Å². The maximum atomic E-state index is 11.6. The summed E-state index contributed by atoms with van der Waals surface area (Å²) in [4.78, 5) is 13.7. The number of hydrogen-bond acceptors (Lipinski definition) is 4. The Morgan fingerprint density at radius 2 is 1.86 bits per heavy atom. The number of likely N-dealkylation sites (N-methyl/N-ethyl adjacent to an activating group) is 1. The standard InChI is InChI=1S/C14H23N3O2.2ClH/c1-4-13(15)14(18)16-11-5-7-12(8-6-11)19-10-9-17(2)3;;/h5-8,13H,4,9-10,15H2,1-3H3,(H,16,18);2*1H/t13-;;/m0../s1. The van der Waals surface area contributed by atoms with Crippen molar-refractivity contribution >= 4 is 36.4 Å². The Kier molecular flexibility index (Phi) is 12.3. The van der Waals surface area contributed by atoms with Crippen molar-refractivity contribution in [3.63, 3.8) is 0 Å². The number of nitrogens with two attached hydrogens (primary N) is 1. The van der Waals surface area contributed by atoms with Crippen LogP contribution in [0.4, 0.5) is 5.69 Å². The molecule has 21 heavy (non-hydrogen) atoms. The summed E-state index contributed by atoms with van der Waals surface area (Å²) in [6.07, 6.45) is 0.623. The Hall–Kier alpha value is -1.01. The fourth-order valence-electron chi connectivity index (χ4n) is 1.40. The smallest absolute Gasteiger partial charge is 0.241 e. The molecule has 0 radical (unpaired) electrons. The normalized spacial score (nSPS) is 11.1. The van der Waals surface area contributed by atoms with Gasteiger partial charge < -0.3 is 20.7 Å². The van der Waals surface area contributed by atoms with Crippen LogP contribution in [0.25, 0.3) is 0 Å². The van der Waals surface area contributed by atoms with E-state index < -0.39 is 6.04 Å². The summed E-state index contributed by atoms with van der Waals surface area (Å²) in [5, 5.41) is 2.77. The summed E-state index contributed by atoms with van der Waals surface area (Å²) in [5.74, 6) is 0.628. The molecule has 0 fully saturated rings. The van der Waals surface area contributed by atoms with E-state index in [4.69, 9.17) is 10.5 Å². The lowest BCUT2D eigenvalue weighted by Crippen LogP contribution is -2.34. The number of benzene rings is 1. The van der Waals surface area contributed by atoms with Crippen LogP contribution in [0.3, 0.4) is 0 Å². The number of nitrogens with one attached hydrogen (secondary N) is 1. The van der Waals surface area contributed by atoms with Crippen LogP contribution in [0.2, 0.25) is 0 Å². The van der Waals surface area contributed by atoms with E-state index in [0.717, 1.165) is 18.0 Å². The van der Waals surface area contributed by atoms with Crippen molar-refractivity contribution in [1.82, 2.24) is 4.90 Å². The van der Waals surface area contributed by atoms with E-state index >= 15 is 0 Å². The first-order chi connectivity index (χ1) is 9.02. The number of anilines is 1. The highest BCUT2D eigenvalue weighted by Crippen LogP contribution is 2.15. The molecule has 0 aliphatic rings. The van der Waals surface area contributed by atoms with Gasteiger partial charge in [0.2, 0.25) is 5.91 Å². The van der Waals surface area contributed by atoms with Crippen LogP contribution in [-0.4, -0.2) is 44.1 Å². The molecule has 1 atom stereocenters. The molecular weight excluding hydrogens is 313 g/mol. The van der Waals surface area contributed by atoms with E-state index in [2.05, 4.69) is 10.2 Å². The average Bonchev–Trinajstić information content (AvgIpc) is 2.39. The van der Waals surface area contributed by atoms with Gasteiger partial charge in [-0.25, -0.2) is 0 Å². The Balaban J connectivity index is 0. The molecule has 0 spiro atoms. The average molecular weight is 338 g/mol. The topological polar surface area (TPSA) is 67.6 Å². The fraction of sp³-hybridized carbons (Fsp3) is 0.500. The zero-order valence-electron chi connectivity index (χ0n) is 12.7. The van der Waals surface area contributed by atoms with Crippen LogP contribution in [-0.2, 0) is 4.79 Å². The first kappa shape index (κ1) is 22.3. The molecule has 7 heteroatoms. The zero-order valence-corrected chi connectivity index (χ0v) is 14.3. The summed E-state index contributed by atoms with van der Waals surface area (Å²) in [7, 11) is 4.00. The van der Waals surface area contributed by atoms with Gasteiger partial charge in [-0.3, -0.25) is 4.79 Å². The van der Waals surface area contributed by atoms with Crippen LogP contribution in [0.5, 0.6) is 5.75 Å². The van der Waals surface area contributed by atoms with E-state index in [0.29, 0.717) is 13.0 Å². The van der Waals surface area contributed by atoms with E-state index in [1.165, 1.54) is 0 Å². The van der Waals surface area contributed by atoms with Crippen LogP contribution in [0, 0.1) is 0 Å². The lowest BCUT2D eigenvalue weighted by atomic mass is 10.2. The molecule has 1 rings (SSSR count). The molecule has 0 aliphatic heterocycles. The highest BCUT2D eigenvalue weighted by Gasteiger charge is 2.10. The molecular formula is C14H25Cl2N3O2. The summed E-state index contributed by atoms with van der Waals surface area (Å²) in [6, 6.07) is 6.83. The maximum absolute atomic E-state index is 11.6. The van der Waals surface area contributed by atoms with Crippen LogP contribution in [0.1, 0.15) is 13.3 Å². The molecule has 0 saturated carbocycles. The number of ether oxygens (including phenoxy) is 1. The van der Waals surface area contributed by atoms with Gasteiger partial charge in [0.05, 0.1) is 6.04 Å². The van der Waals surface area contributed by atoms with E-state index in [9.17, 15) is 4.79 Å². The highest BCUT2D eigenvalue weighted by atomic mass is 35.5. The monoisotopic (exact) mass is 337 g/mol. The molecule has 0 heterocycles. The molecule has 0 unspecified atom stereocenters. The predicted octanol–water partition coefficient (Wildman–Crippen LogP) is 2.15. The van der Waals surface area contributed by atoms with E-state index in [1.807, 2.05) is 45.3 Å². The van der Waals surface area contributed by atoms with Gasteiger partial charge in [-0.2, -0.15) is 0 Å². The molecule has 0 saturated heterocycles. The van der Waals surface area contributed by atoms with Gasteiger partial charge in [-0.15, -0.1) is 24.8 Å². The third kappa shape index (κ3) is 8.78. The molecule has 122 valence electrons. The minimum Gasteiger partial charge on any atom is -0.492 e. The fourth-order valence-corrected chi connectivity index (χ4v) is 1.40. The first-order valence-electron chi connectivity index (χ1n) is 6.47. The largest absolute Gasteiger partial charge is 0.492 e. The number of rotatable bonds is 7. The van der Waals surface area contributed by atoms with Crippen molar-refractivity contribution in [2.24, 2.45) is 5.73 Å². The van der Waals surface area contributed by atoms with Crippen LogP contribution < -0.4 is 15.8 Å². The van der Waals surface area contributed by atoms with Gasteiger partial charge in [0, 0.05) is 12.2 Å². The van der Waals surface area contributed by atoms with Crippen molar-refractivity contribution < 1.29 is 9.53 Å². The van der Waals surface area contributed by atoms with Gasteiger partial charge in [0.15, 0.2) is 0 Å². The summed E-state index contributed by atoms with van der Waals surface area (Å²) in [6.45, 7) is 3.38. The number of carbonyl (C=O) groups excluding carboxylic acids is 1. The number of halogens is 2. The van der Waals surface area contributed by atoms with Crippen molar-refractivity contribution in [3.8, 4) is 5.75 Å². The van der Waals surface area contributed by atoms with Crippen LogP contribution >= 0.6 is 24.8 Å². The molecule has 1 aromatic carbocycles. The van der Waals surface area contributed by atoms with Crippen molar-refractivity contribution in [2.75, 3.05) is 32.6 Å². The lowest BCUT2D eigenvalue weighted by molar-refractivity contribution is -0.117. The summed E-state index contributed by atoms with van der Waals surface area (Å²) < 4.78 is 5.57. The minimum atomic E-state index is -0.462. The number of carbonyl (C=O) groups is 1. The SMILES string of the molecule is CC[C@H](N)C(=O)Nc1ccc(OCCN(C)C)cc1.Cl.Cl. The Morgan fingerprint density at radius 1 is 1.29 bits per heavy atom. The Labute approximate surface area is 139 Å². The molecule has 1 amide bonds. The minimum absolute atomic E-state index is 0. The Bertz CT molecular complexity index is 400. The van der Waals surface area contributed by atoms with Gasteiger partial charge in [0.1, 0.15) is 12.4 Å². The molecule has 3 N–H and O–H groups in total. The van der Waals surface area contributed by atoms with Crippen molar-refractivity contribution in [3.05, 3.63) is 24.3 Å². The van der Waals surface area contributed by atoms with Crippen molar-refractivity contribution in [1.29, 1.82) is 0 Å². The van der Waals surface area contributed by atoms with Crippen LogP contribution in [0.15, 0.2) is 24.3 Å². The number of amides is 1. The van der Waals surface area contributed by atoms with Crippen molar-refractivity contribution in [2.45, 2.75) is 19.4 Å². The summed E-state index contributed by atoms with van der Waals surface area (Å²) >= 11 is 0. The van der Waals surface area contributed by atoms with Gasteiger partial charge in [-0.05, 0) is 44.8 Å². The predicted molar refractivity (Wildman–Crippen MR) is 91.9 cm³/mol. The summed E-state index contributed by atoms with van der Waals surface area (Å²) in [5.41, 5.74) is 6.38. The van der Waals surface area contributed by atoms with Gasteiger partial charge in [-0.1, -0.05) is 6.92 Å². The Morgan fingerprint density at radius 3 is 2.33 bits per heavy atom. The van der Waals surface area contributed by atoms with Gasteiger partial charge >= 0.3 is 0 Å². The number of hydrogen-bond donors (Lipinski definition) is 2. The second-order valence-corrected chi connectivity index (χ2v) is 4.68. The lowest BCUT2D eigenvalue weighted by Gasteiger charge is -2.12. The molecule has 5 nitrogen and oxygen atoms in total. The molecule has 0 bridgehead atoms. The molecule has 0 aromatic heterocycles. The zero-order chi connectivity index (χ0) is 14.3. The quantitative estimate of drug-likeness (QED) is 0.799. The molecule has 1 aromatic rings. The second kappa shape index (κ2) is 11.6. The maximum Gasteiger partial charge on any atom is 0.241 e.